The second kappa shape index (κ2) is 6.49. The Morgan fingerprint density at radius 1 is 1.03 bits per heavy atom. The number of oxazole rings is 1. The number of nitrogens with one attached hydrogen (secondary N) is 1. The molecule has 2 aliphatic heterocycles. The molecule has 1 saturated heterocycles. The second-order valence-corrected chi connectivity index (χ2v) is 7.66. The molecule has 0 atom stereocenters. The zero-order valence-electron chi connectivity index (χ0n) is 15.9. The summed E-state index contributed by atoms with van der Waals surface area (Å²) < 4.78 is 25.5. The molecule has 4 heterocycles. The number of hydrogen-bond acceptors (Lipinski definition) is 5. The van der Waals surface area contributed by atoms with Gasteiger partial charge in [-0.3, -0.25) is 0 Å². The van der Waals surface area contributed by atoms with Crippen molar-refractivity contribution in [3.63, 3.8) is 0 Å². The van der Waals surface area contributed by atoms with E-state index >= 15 is 0 Å². The van der Waals surface area contributed by atoms with Gasteiger partial charge >= 0.3 is 0 Å². The van der Waals surface area contributed by atoms with E-state index in [-0.39, 0.29) is 5.82 Å². The molecule has 6 nitrogen and oxygen atoms in total. The molecule has 0 radical (unpaired) electrons. The van der Waals surface area contributed by atoms with Crippen LogP contribution >= 0.6 is 0 Å². The van der Waals surface area contributed by atoms with Gasteiger partial charge in [0.25, 0.3) is 6.01 Å². The molecule has 6 rings (SSSR count). The van der Waals surface area contributed by atoms with Crippen molar-refractivity contribution in [3.8, 4) is 0 Å². The zero-order chi connectivity index (χ0) is 19.4. The number of aromatic nitrogens is 2. The maximum Gasteiger partial charge on any atom is 0.298 e. The number of halogens is 1. The highest BCUT2D eigenvalue weighted by atomic mass is 19.1. The van der Waals surface area contributed by atoms with Crippen LogP contribution in [0.2, 0.25) is 0 Å². The fraction of sp³-hybridized carbons (Fsp3) is 0.318. The molecule has 29 heavy (non-hydrogen) atoms. The molecule has 7 heteroatoms. The molecule has 0 bridgehead atoms. The Morgan fingerprint density at radius 2 is 1.93 bits per heavy atom. The molecule has 0 unspecified atom stereocenters. The van der Waals surface area contributed by atoms with Crippen molar-refractivity contribution in [2.24, 2.45) is 0 Å². The monoisotopic (exact) mass is 392 g/mol. The average Bonchev–Trinajstić information content (AvgIpc) is 3.36. The summed E-state index contributed by atoms with van der Waals surface area (Å²) in [4.78, 5) is 12.4. The molecule has 0 aliphatic carbocycles. The Hall–Kier alpha value is -3.06. The number of anilines is 2. The third-order valence-electron chi connectivity index (χ3n) is 5.97. The van der Waals surface area contributed by atoms with Crippen molar-refractivity contribution in [1.29, 1.82) is 0 Å². The molecular formula is C22H21FN4O2. The van der Waals surface area contributed by atoms with Crippen LogP contribution in [0.25, 0.3) is 22.0 Å². The van der Waals surface area contributed by atoms with E-state index in [9.17, 15) is 4.39 Å². The minimum atomic E-state index is -0.192. The van der Waals surface area contributed by atoms with Crippen LogP contribution in [-0.2, 0) is 17.7 Å². The number of fused-ring (bicyclic) bond motifs is 4. The molecule has 2 aliphatic rings. The molecular weight excluding hydrogens is 371 g/mol. The second-order valence-electron chi connectivity index (χ2n) is 7.66. The molecule has 2 aromatic carbocycles. The quantitative estimate of drug-likeness (QED) is 0.562. The standard InChI is InChI=1S/C22H21FN4O2/c23-17-3-1-2-15-16-13-27(7-6-18(16)24-21(15)17)14-4-5-20-19(12-14)25-22(29-20)26-8-10-28-11-9-26/h1-5,12,24H,6-11,13H2. The van der Waals surface area contributed by atoms with Gasteiger partial charge in [0.1, 0.15) is 11.3 Å². The molecule has 0 spiro atoms. The van der Waals surface area contributed by atoms with Gasteiger partial charge in [0.15, 0.2) is 5.58 Å². The van der Waals surface area contributed by atoms with Crippen molar-refractivity contribution in [2.75, 3.05) is 42.6 Å². The lowest BCUT2D eigenvalue weighted by atomic mass is 10.0. The van der Waals surface area contributed by atoms with Gasteiger partial charge in [-0.25, -0.2) is 4.39 Å². The number of para-hydroxylation sites is 1. The van der Waals surface area contributed by atoms with Crippen LogP contribution in [0.3, 0.4) is 0 Å². The van der Waals surface area contributed by atoms with Crippen LogP contribution in [0.4, 0.5) is 16.1 Å². The van der Waals surface area contributed by atoms with Gasteiger partial charge in [0.2, 0.25) is 0 Å². The van der Waals surface area contributed by atoms with E-state index < -0.39 is 0 Å². The lowest BCUT2D eigenvalue weighted by Gasteiger charge is -2.29. The lowest BCUT2D eigenvalue weighted by Crippen LogP contribution is -2.36. The summed E-state index contributed by atoms with van der Waals surface area (Å²) in [5, 5.41) is 0.974. The van der Waals surface area contributed by atoms with Crippen LogP contribution in [-0.4, -0.2) is 42.8 Å². The molecule has 0 saturated carbocycles. The largest absolute Gasteiger partial charge is 0.423 e. The third-order valence-corrected chi connectivity index (χ3v) is 5.97. The lowest BCUT2D eigenvalue weighted by molar-refractivity contribution is 0.120. The van der Waals surface area contributed by atoms with Crippen molar-refractivity contribution >= 4 is 33.7 Å². The number of benzene rings is 2. The highest BCUT2D eigenvalue weighted by Crippen LogP contribution is 2.33. The smallest absolute Gasteiger partial charge is 0.298 e. The van der Waals surface area contributed by atoms with Gasteiger partial charge in [0, 0.05) is 54.9 Å². The highest BCUT2D eigenvalue weighted by molar-refractivity contribution is 5.86. The summed E-state index contributed by atoms with van der Waals surface area (Å²) >= 11 is 0. The van der Waals surface area contributed by atoms with Crippen molar-refractivity contribution in [3.05, 3.63) is 53.5 Å². The predicted octanol–water partition coefficient (Wildman–Crippen LogP) is 3.85. The van der Waals surface area contributed by atoms with Gasteiger partial charge in [-0.2, -0.15) is 4.98 Å². The topological polar surface area (TPSA) is 57.5 Å². The summed E-state index contributed by atoms with van der Waals surface area (Å²) in [6.45, 7) is 4.62. The third kappa shape index (κ3) is 2.76. The number of aromatic amines is 1. The van der Waals surface area contributed by atoms with Crippen LogP contribution in [0.1, 0.15) is 11.3 Å². The Kier molecular flexibility index (Phi) is 3.77. The van der Waals surface area contributed by atoms with E-state index in [4.69, 9.17) is 14.1 Å². The van der Waals surface area contributed by atoms with E-state index in [1.165, 1.54) is 11.6 Å². The number of hydrogen-bond donors (Lipinski definition) is 1. The Labute approximate surface area is 166 Å². The molecule has 2 aromatic heterocycles. The number of nitrogens with zero attached hydrogens (tertiary/aromatic N) is 3. The van der Waals surface area contributed by atoms with Gasteiger partial charge < -0.3 is 23.9 Å². The SMILES string of the molecule is Fc1cccc2c3c([nH]c12)CCN(c1ccc2oc(N4CCOCC4)nc2c1)C3. The Bertz CT molecular complexity index is 1210. The maximum absolute atomic E-state index is 14.1. The first-order valence-electron chi connectivity index (χ1n) is 10.0. The first kappa shape index (κ1) is 16.9. The van der Waals surface area contributed by atoms with Crippen LogP contribution < -0.4 is 9.80 Å². The number of morpholine rings is 1. The van der Waals surface area contributed by atoms with Crippen LogP contribution in [0, 0.1) is 5.82 Å². The number of H-pyrrole nitrogens is 1. The van der Waals surface area contributed by atoms with E-state index in [0.717, 1.165) is 60.5 Å². The normalized spacial score (nSPS) is 17.3. The van der Waals surface area contributed by atoms with Crippen LogP contribution in [0.15, 0.2) is 40.8 Å². The molecule has 1 fully saturated rings. The van der Waals surface area contributed by atoms with E-state index in [2.05, 4.69) is 26.9 Å². The van der Waals surface area contributed by atoms with E-state index in [1.54, 1.807) is 6.07 Å². The summed E-state index contributed by atoms with van der Waals surface area (Å²) in [6, 6.07) is 12.1. The van der Waals surface area contributed by atoms with Crippen molar-refractivity contribution in [2.45, 2.75) is 13.0 Å². The fourth-order valence-electron chi connectivity index (χ4n) is 4.41. The van der Waals surface area contributed by atoms with Gasteiger partial charge in [-0.15, -0.1) is 0 Å². The summed E-state index contributed by atoms with van der Waals surface area (Å²) in [5.74, 6) is -0.192. The number of ether oxygens (including phenoxy) is 1. The van der Waals surface area contributed by atoms with Crippen molar-refractivity contribution in [1.82, 2.24) is 9.97 Å². The highest BCUT2D eigenvalue weighted by Gasteiger charge is 2.23. The van der Waals surface area contributed by atoms with Gasteiger partial charge in [-0.1, -0.05) is 12.1 Å². The van der Waals surface area contributed by atoms with E-state index in [0.29, 0.717) is 24.7 Å². The fourth-order valence-corrected chi connectivity index (χ4v) is 4.41. The summed E-state index contributed by atoms with van der Waals surface area (Å²) in [6.07, 6.45) is 0.860. The van der Waals surface area contributed by atoms with Gasteiger partial charge in [-0.05, 0) is 24.3 Å². The van der Waals surface area contributed by atoms with E-state index in [1.807, 2.05) is 12.1 Å². The Balaban J connectivity index is 1.32. The summed E-state index contributed by atoms with van der Waals surface area (Å²) in [7, 11) is 0. The molecule has 0 amide bonds. The first-order chi connectivity index (χ1) is 14.3. The Morgan fingerprint density at radius 3 is 2.83 bits per heavy atom. The van der Waals surface area contributed by atoms with Gasteiger partial charge in [0.05, 0.1) is 18.7 Å². The van der Waals surface area contributed by atoms with Crippen molar-refractivity contribution < 1.29 is 13.5 Å². The average molecular weight is 392 g/mol. The minimum Gasteiger partial charge on any atom is -0.423 e. The zero-order valence-corrected chi connectivity index (χ0v) is 15.9. The minimum absolute atomic E-state index is 0.192. The first-order valence-corrected chi connectivity index (χ1v) is 10.0. The molecule has 148 valence electrons. The maximum atomic E-state index is 14.1. The molecule has 4 aromatic rings. The van der Waals surface area contributed by atoms with Crippen LogP contribution in [0.5, 0.6) is 0 Å². The summed E-state index contributed by atoms with van der Waals surface area (Å²) in [5.41, 5.74) is 5.69. The molecule has 1 N–H and O–H groups in total. The number of rotatable bonds is 2. The predicted molar refractivity (Wildman–Crippen MR) is 110 cm³/mol.